The molecule has 5 nitrogen and oxygen atoms in total. The van der Waals surface area contributed by atoms with Gasteiger partial charge in [-0.05, 0) is 12.2 Å². The molecule has 0 aliphatic rings. The van der Waals surface area contributed by atoms with Gasteiger partial charge in [-0.1, -0.05) is 0 Å². The maximum atomic E-state index is 11.0. The largest absolute Gasteiger partial charge is 0.489 e. The molecular weight excluding hydrogens is 196 g/mol. The minimum atomic E-state index is -1.28. The summed E-state index contributed by atoms with van der Waals surface area (Å²) in [6.45, 7) is 0. The highest BCUT2D eigenvalue weighted by molar-refractivity contribution is 7.80. The van der Waals surface area contributed by atoms with Gasteiger partial charge >= 0.3 is 11.9 Å². The van der Waals surface area contributed by atoms with E-state index in [4.69, 9.17) is 0 Å². The van der Waals surface area contributed by atoms with Crippen molar-refractivity contribution in [3.8, 4) is 0 Å². The fraction of sp³-hybridized carbons (Fsp3) is 0.571. The van der Waals surface area contributed by atoms with Gasteiger partial charge in [-0.3, -0.25) is 9.59 Å². The van der Waals surface area contributed by atoms with E-state index in [2.05, 4.69) is 26.4 Å². The average molecular weight is 206 g/mol. The third-order valence-electron chi connectivity index (χ3n) is 1.31. The van der Waals surface area contributed by atoms with Gasteiger partial charge in [0.2, 0.25) is 5.92 Å². The zero-order chi connectivity index (χ0) is 10.4. The highest BCUT2D eigenvalue weighted by Gasteiger charge is 2.33. The van der Waals surface area contributed by atoms with Gasteiger partial charge in [0.05, 0.1) is 21.3 Å². The molecule has 0 spiro atoms. The fourth-order valence-corrected chi connectivity index (χ4v) is 0.835. The Bertz CT molecular complexity index is 187. The number of carbonyl (C=O) groups is 2. The number of hydrogen-bond donors (Lipinski definition) is 0. The van der Waals surface area contributed by atoms with Crippen molar-refractivity contribution in [1.29, 1.82) is 0 Å². The Labute approximate surface area is 81.0 Å². The Morgan fingerprint density at radius 2 is 1.38 bits per heavy atom. The lowest BCUT2D eigenvalue weighted by molar-refractivity contribution is -0.155. The fourth-order valence-electron chi connectivity index (χ4n) is 0.642. The van der Waals surface area contributed by atoms with E-state index in [9.17, 15) is 9.59 Å². The molecule has 0 bridgehead atoms. The average Bonchev–Trinajstić information content (AvgIpc) is 2.16. The summed E-state index contributed by atoms with van der Waals surface area (Å²) in [4.78, 5) is 22.0. The first-order chi connectivity index (χ1) is 6.08. The van der Waals surface area contributed by atoms with Crippen LogP contribution in [0.15, 0.2) is 0 Å². The molecule has 0 aliphatic heterocycles. The SMILES string of the molecule is COC(=O)C(C(=O)OC)C(=S)OC. The molecule has 74 valence electrons. The lowest BCUT2D eigenvalue weighted by Crippen LogP contribution is -2.33. The second kappa shape index (κ2) is 5.47. The van der Waals surface area contributed by atoms with E-state index in [1.807, 2.05) is 0 Å². The summed E-state index contributed by atoms with van der Waals surface area (Å²) in [6, 6.07) is 0. The Morgan fingerprint density at radius 1 is 1.00 bits per heavy atom. The topological polar surface area (TPSA) is 61.8 Å². The monoisotopic (exact) mass is 206 g/mol. The summed E-state index contributed by atoms with van der Waals surface area (Å²) >= 11 is 4.64. The van der Waals surface area contributed by atoms with Crippen molar-refractivity contribution in [2.24, 2.45) is 5.92 Å². The van der Waals surface area contributed by atoms with Crippen LogP contribution in [0.1, 0.15) is 0 Å². The van der Waals surface area contributed by atoms with Gasteiger partial charge in [-0.2, -0.15) is 0 Å². The van der Waals surface area contributed by atoms with Crippen LogP contribution in [-0.4, -0.2) is 38.3 Å². The predicted octanol–water partition coefficient (Wildman–Crippen LogP) is -0.0776. The Morgan fingerprint density at radius 3 is 1.62 bits per heavy atom. The molecule has 0 saturated carbocycles. The van der Waals surface area contributed by atoms with Crippen LogP contribution >= 0.6 is 12.2 Å². The molecule has 0 saturated heterocycles. The van der Waals surface area contributed by atoms with E-state index < -0.39 is 17.9 Å². The second-order valence-corrected chi connectivity index (χ2v) is 2.40. The van der Waals surface area contributed by atoms with Crippen LogP contribution in [0.2, 0.25) is 0 Å². The molecule has 0 amide bonds. The van der Waals surface area contributed by atoms with E-state index in [1.165, 1.54) is 7.11 Å². The van der Waals surface area contributed by atoms with Crippen molar-refractivity contribution < 1.29 is 23.8 Å². The first-order valence-electron chi connectivity index (χ1n) is 3.32. The first-order valence-corrected chi connectivity index (χ1v) is 3.72. The van der Waals surface area contributed by atoms with Gasteiger partial charge in [0.15, 0.2) is 5.05 Å². The summed E-state index contributed by atoms with van der Waals surface area (Å²) in [5, 5.41) is -0.168. The van der Waals surface area contributed by atoms with Crippen molar-refractivity contribution in [3.63, 3.8) is 0 Å². The highest BCUT2D eigenvalue weighted by Crippen LogP contribution is 2.06. The van der Waals surface area contributed by atoms with E-state index >= 15 is 0 Å². The van der Waals surface area contributed by atoms with Gasteiger partial charge in [0.25, 0.3) is 0 Å². The van der Waals surface area contributed by atoms with Gasteiger partial charge in [-0.15, -0.1) is 0 Å². The van der Waals surface area contributed by atoms with Gasteiger partial charge in [0.1, 0.15) is 0 Å². The third-order valence-corrected chi connectivity index (χ3v) is 1.71. The number of methoxy groups -OCH3 is 3. The summed E-state index contributed by atoms with van der Waals surface area (Å²) in [7, 11) is 3.56. The normalized spacial score (nSPS) is 9.23. The number of hydrogen-bond acceptors (Lipinski definition) is 6. The lowest BCUT2D eigenvalue weighted by Gasteiger charge is -2.11. The molecule has 0 aromatic rings. The molecule has 6 heteroatoms. The quantitative estimate of drug-likeness (QED) is 0.366. The summed E-state index contributed by atoms with van der Waals surface area (Å²) in [6.07, 6.45) is 0. The summed E-state index contributed by atoms with van der Waals surface area (Å²) in [5.41, 5.74) is 0. The van der Waals surface area contributed by atoms with Crippen LogP contribution in [0.25, 0.3) is 0 Å². The van der Waals surface area contributed by atoms with Gasteiger partial charge in [-0.25, -0.2) is 0 Å². The molecule has 0 atom stereocenters. The van der Waals surface area contributed by atoms with Crippen LogP contribution in [0.3, 0.4) is 0 Å². The van der Waals surface area contributed by atoms with Crippen molar-refractivity contribution in [1.82, 2.24) is 0 Å². The van der Waals surface area contributed by atoms with Crippen molar-refractivity contribution in [2.75, 3.05) is 21.3 Å². The molecule has 0 heterocycles. The molecule has 0 rings (SSSR count). The standard InChI is InChI=1S/C7H10O5S/c1-10-5(8)4(6(9)11-2)7(13)12-3/h4H,1-3H3. The molecule has 0 radical (unpaired) electrons. The number of rotatable bonds is 3. The molecule has 13 heavy (non-hydrogen) atoms. The molecule has 0 aromatic heterocycles. The number of esters is 2. The summed E-state index contributed by atoms with van der Waals surface area (Å²) < 4.78 is 13.3. The second-order valence-electron chi connectivity index (χ2n) is 2.00. The Balaban J connectivity index is 4.64. The van der Waals surface area contributed by atoms with Crippen LogP contribution < -0.4 is 0 Å². The van der Waals surface area contributed by atoms with E-state index in [1.54, 1.807) is 0 Å². The zero-order valence-corrected chi connectivity index (χ0v) is 8.34. The molecular formula is C7H10O5S. The van der Waals surface area contributed by atoms with Gasteiger partial charge in [0, 0.05) is 0 Å². The molecule has 0 aliphatic carbocycles. The van der Waals surface area contributed by atoms with Crippen LogP contribution in [0.4, 0.5) is 0 Å². The Kier molecular flexibility index (Phi) is 4.98. The molecule has 0 aromatic carbocycles. The molecule has 0 N–H and O–H groups in total. The van der Waals surface area contributed by atoms with Crippen molar-refractivity contribution in [2.45, 2.75) is 0 Å². The smallest absolute Gasteiger partial charge is 0.328 e. The lowest BCUT2D eigenvalue weighted by atomic mass is 10.1. The van der Waals surface area contributed by atoms with E-state index in [0.717, 1.165) is 14.2 Å². The summed E-state index contributed by atoms with van der Waals surface area (Å²) in [5.74, 6) is -2.87. The molecule has 0 fully saturated rings. The Hall–Kier alpha value is -1.17. The minimum Gasteiger partial charge on any atom is -0.489 e. The zero-order valence-electron chi connectivity index (χ0n) is 7.53. The van der Waals surface area contributed by atoms with Crippen molar-refractivity contribution >= 4 is 29.2 Å². The van der Waals surface area contributed by atoms with E-state index in [0.29, 0.717) is 0 Å². The number of carbonyl (C=O) groups excluding carboxylic acids is 2. The van der Waals surface area contributed by atoms with E-state index in [-0.39, 0.29) is 5.05 Å². The van der Waals surface area contributed by atoms with Crippen LogP contribution in [0, 0.1) is 5.92 Å². The number of thiocarbonyl (C=S) groups is 1. The highest BCUT2D eigenvalue weighted by atomic mass is 32.1. The maximum Gasteiger partial charge on any atom is 0.328 e. The van der Waals surface area contributed by atoms with Crippen molar-refractivity contribution in [3.05, 3.63) is 0 Å². The minimum absolute atomic E-state index is 0.168. The third kappa shape index (κ3) is 2.98. The first kappa shape index (κ1) is 11.8. The maximum absolute atomic E-state index is 11.0. The predicted molar refractivity (Wildman–Crippen MR) is 47.1 cm³/mol. The van der Waals surface area contributed by atoms with Crippen LogP contribution in [0.5, 0.6) is 0 Å². The van der Waals surface area contributed by atoms with Gasteiger partial charge < -0.3 is 14.2 Å². The van der Waals surface area contributed by atoms with Crippen LogP contribution in [-0.2, 0) is 23.8 Å². The number of ether oxygens (including phenoxy) is 3. The molecule has 0 unspecified atom stereocenters.